The number of benzene rings is 1. The van der Waals surface area contributed by atoms with Crippen molar-refractivity contribution in [2.45, 2.75) is 18.6 Å². The Kier molecular flexibility index (Phi) is 5.75. The van der Waals surface area contributed by atoms with Gasteiger partial charge in [0, 0.05) is 17.1 Å². The number of nitrogens with zero attached hydrogens (tertiary/aromatic N) is 2. The van der Waals surface area contributed by atoms with Crippen LogP contribution in [-0.2, 0) is 9.59 Å². The van der Waals surface area contributed by atoms with E-state index in [0.29, 0.717) is 21.6 Å². The normalized spacial score (nSPS) is 18.5. The molecule has 1 atom stereocenters. The Morgan fingerprint density at radius 2 is 2.31 bits per heavy atom. The van der Waals surface area contributed by atoms with Gasteiger partial charge in [-0.15, -0.1) is 5.10 Å². The summed E-state index contributed by atoms with van der Waals surface area (Å²) >= 11 is 7.20. The van der Waals surface area contributed by atoms with Crippen molar-refractivity contribution in [3.8, 4) is 0 Å². The third-order valence-corrected chi connectivity index (χ3v) is 4.96. The summed E-state index contributed by atoms with van der Waals surface area (Å²) in [5, 5.41) is 13.5. The predicted octanol–water partition coefficient (Wildman–Crippen LogP) is 3.19. The van der Waals surface area contributed by atoms with Gasteiger partial charge in [-0.3, -0.25) is 9.59 Å². The number of rotatable bonds is 5. The van der Waals surface area contributed by atoms with E-state index in [1.165, 1.54) is 12.5 Å². The number of carbonyl (C=O) groups excluding carboxylic acids is 2. The lowest BCUT2D eigenvalue weighted by Crippen LogP contribution is -2.28. The summed E-state index contributed by atoms with van der Waals surface area (Å²) in [6.45, 7) is 1.88. The fourth-order valence-electron chi connectivity index (χ4n) is 2.14. The van der Waals surface area contributed by atoms with Crippen molar-refractivity contribution in [3.63, 3.8) is 0 Å². The smallest absolute Gasteiger partial charge is 0.240 e. The predicted molar refractivity (Wildman–Crippen MR) is 103 cm³/mol. The molecule has 2 heterocycles. The zero-order chi connectivity index (χ0) is 18.5. The number of aryl methyl sites for hydroxylation is 1. The number of amidine groups is 1. The van der Waals surface area contributed by atoms with Gasteiger partial charge in [0.15, 0.2) is 5.17 Å². The maximum absolute atomic E-state index is 12.2. The second-order valence-corrected chi connectivity index (χ2v) is 7.08. The van der Waals surface area contributed by atoms with E-state index in [2.05, 4.69) is 20.8 Å². The zero-order valence-corrected chi connectivity index (χ0v) is 15.3. The molecule has 0 saturated carbocycles. The van der Waals surface area contributed by atoms with Gasteiger partial charge in [-0.05, 0) is 36.8 Å². The van der Waals surface area contributed by atoms with Crippen LogP contribution in [0.15, 0.2) is 51.2 Å². The summed E-state index contributed by atoms with van der Waals surface area (Å²) in [6, 6.07) is 8.71. The Morgan fingerprint density at radius 1 is 1.46 bits per heavy atom. The summed E-state index contributed by atoms with van der Waals surface area (Å²) < 4.78 is 5.09. The first kappa shape index (κ1) is 18.2. The number of thioether (sulfide) groups is 1. The number of carbonyl (C=O) groups is 2. The molecule has 9 heteroatoms. The van der Waals surface area contributed by atoms with Crippen molar-refractivity contribution in [2.24, 2.45) is 10.2 Å². The Hall–Kier alpha value is -2.58. The molecule has 2 aromatic rings. The molecule has 0 radical (unpaired) electrons. The number of furan rings is 1. The van der Waals surface area contributed by atoms with Gasteiger partial charge in [-0.25, -0.2) is 0 Å². The van der Waals surface area contributed by atoms with Crippen LogP contribution >= 0.6 is 23.4 Å². The molecule has 1 fully saturated rings. The van der Waals surface area contributed by atoms with Crippen LogP contribution in [0.2, 0.25) is 5.02 Å². The van der Waals surface area contributed by atoms with E-state index in [9.17, 15) is 9.59 Å². The van der Waals surface area contributed by atoms with Crippen molar-refractivity contribution < 1.29 is 14.0 Å². The molecule has 0 spiro atoms. The van der Waals surface area contributed by atoms with Crippen molar-refractivity contribution in [2.75, 3.05) is 5.32 Å². The zero-order valence-electron chi connectivity index (χ0n) is 13.7. The lowest BCUT2D eigenvalue weighted by molar-refractivity contribution is -0.122. The van der Waals surface area contributed by atoms with Gasteiger partial charge in [-0.2, -0.15) is 5.10 Å². The first-order valence-electron chi connectivity index (χ1n) is 7.69. The van der Waals surface area contributed by atoms with Crippen LogP contribution in [0.25, 0.3) is 0 Å². The summed E-state index contributed by atoms with van der Waals surface area (Å²) in [5.74, 6) is -0.00620. The second-order valence-electron chi connectivity index (χ2n) is 5.48. The molecule has 3 rings (SSSR count). The molecule has 7 nitrogen and oxygen atoms in total. The van der Waals surface area contributed by atoms with Gasteiger partial charge >= 0.3 is 0 Å². The average molecular weight is 391 g/mol. The highest BCUT2D eigenvalue weighted by atomic mass is 35.5. The molecule has 1 aliphatic heterocycles. The first-order chi connectivity index (χ1) is 12.5. The Labute approximate surface area is 158 Å². The van der Waals surface area contributed by atoms with Crippen molar-refractivity contribution in [1.29, 1.82) is 0 Å². The van der Waals surface area contributed by atoms with Gasteiger partial charge in [-0.1, -0.05) is 29.4 Å². The van der Waals surface area contributed by atoms with Crippen molar-refractivity contribution >= 4 is 52.2 Å². The standard InChI is InChI=1S/C17H15ClN4O3S/c1-10-4-5-11(7-13(10)18)20-15(23)8-14-16(24)21-17(26-14)22-19-9-12-3-2-6-25-12/h2-7,9,14H,8H2,1H3,(H,20,23)(H,21,22,24). The average Bonchev–Trinajstić information content (AvgIpc) is 3.22. The molecule has 1 unspecified atom stereocenters. The van der Waals surface area contributed by atoms with Gasteiger partial charge < -0.3 is 15.1 Å². The van der Waals surface area contributed by atoms with E-state index in [0.717, 1.165) is 17.3 Å². The molecule has 0 aliphatic carbocycles. The molecule has 2 amide bonds. The molecule has 1 saturated heterocycles. The number of amides is 2. The number of hydrogen-bond acceptors (Lipinski definition) is 6. The monoisotopic (exact) mass is 390 g/mol. The Morgan fingerprint density at radius 3 is 3.04 bits per heavy atom. The van der Waals surface area contributed by atoms with Gasteiger partial charge in [0.05, 0.1) is 12.5 Å². The molecule has 0 bridgehead atoms. The maximum atomic E-state index is 12.2. The van der Waals surface area contributed by atoms with E-state index in [1.54, 1.807) is 24.3 Å². The van der Waals surface area contributed by atoms with E-state index >= 15 is 0 Å². The van der Waals surface area contributed by atoms with Gasteiger partial charge in [0.2, 0.25) is 11.8 Å². The fourth-order valence-corrected chi connectivity index (χ4v) is 3.25. The minimum atomic E-state index is -0.562. The summed E-state index contributed by atoms with van der Waals surface area (Å²) in [5.41, 5.74) is 1.51. The Balaban J connectivity index is 1.55. The molecule has 26 heavy (non-hydrogen) atoms. The molecule has 1 aromatic heterocycles. The third kappa shape index (κ3) is 4.74. The summed E-state index contributed by atoms with van der Waals surface area (Å²) in [7, 11) is 0. The second kappa shape index (κ2) is 8.20. The van der Waals surface area contributed by atoms with E-state index in [-0.39, 0.29) is 18.2 Å². The quantitative estimate of drug-likeness (QED) is 0.605. The lowest BCUT2D eigenvalue weighted by Gasteiger charge is -2.08. The van der Waals surface area contributed by atoms with Crippen LogP contribution in [0.1, 0.15) is 17.7 Å². The van der Waals surface area contributed by atoms with E-state index in [4.69, 9.17) is 16.0 Å². The minimum Gasteiger partial charge on any atom is -0.463 e. The minimum absolute atomic E-state index is 0.0168. The molecular weight excluding hydrogens is 376 g/mol. The van der Waals surface area contributed by atoms with Crippen molar-refractivity contribution in [3.05, 3.63) is 52.9 Å². The van der Waals surface area contributed by atoms with Crippen molar-refractivity contribution in [1.82, 2.24) is 5.32 Å². The van der Waals surface area contributed by atoms with Gasteiger partial charge in [0.25, 0.3) is 0 Å². The number of nitrogens with one attached hydrogen (secondary N) is 2. The van der Waals surface area contributed by atoms with Crippen LogP contribution in [0.3, 0.4) is 0 Å². The Bertz CT molecular complexity index is 880. The third-order valence-electron chi connectivity index (χ3n) is 3.48. The number of anilines is 1. The lowest BCUT2D eigenvalue weighted by atomic mass is 10.2. The molecule has 2 N–H and O–H groups in total. The van der Waals surface area contributed by atoms with Crippen LogP contribution < -0.4 is 10.6 Å². The highest BCUT2D eigenvalue weighted by Crippen LogP contribution is 2.24. The first-order valence-corrected chi connectivity index (χ1v) is 8.95. The van der Waals surface area contributed by atoms with Crippen LogP contribution in [0.4, 0.5) is 5.69 Å². The maximum Gasteiger partial charge on any atom is 0.240 e. The highest BCUT2D eigenvalue weighted by molar-refractivity contribution is 8.15. The largest absolute Gasteiger partial charge is 0.463 e. The fraction of sp³-hybridized carbons (Fsp3) is 0.176. The van der Waals surface area contributed by atoms with E-state index in [1.807, 2.05) is 13.0 Å². The number of halogens is 1. The molecule has 134 valence electrons. The van der Waals surface area contributed by atoms with Crippen LogP contribution in [0.5, 0.6) is 0 Å². The van der Waals surface area contributed by atoms with E-state index < -0.39 is 5.25 Å². The molecule has 1 aromatic carbocycles. The van der Waals surface area contributed by atoms with Crippen LogP contribution in [-0.4, -0.2) is 28.4 Å². The SMILES string of the molecule is Cc1ccc(NC(=O)CC2S/C(=N\N=Cc3ccco3)NC2=O)cc1Cl. The number of hydrogen-bond donors (Lipinski definition) is 2. The summed E-state index contributed by atoms with van der Waals surface area (Å²) in [6.07, 6.45) is 2.97. The highest BCUT2D eigenvalue weighted by Gasteiger charge is 2.32. The molecule has 1 aliphatic rings. The van der Waals surface area contributed by atoms with Crippen LogP contribution in [0, 0.1) is 6.92 Å². The van der Waals surface area contributed by atoms with Gasteiger partial charge in [0.1, 0.15) is 11.0 Å². The summed E-state index contributed by atoms with van der Waals surface area (Å²) in [4.78, 5) is 24.1. The topological polar surface area (TPSA) is 96.1 Å². The molecular formula is C17H15ClN4O3S.